The molecule has 0 bridgehead atoms. The van der Waals surface area contributed by atoms with Gasteiger partial charge in [-0.05, 0) is 36.2 Å². The monoisotopic (exact) mass is 468 g/mol. The van der Waals surface area contributed by atoms with Crippen molar-refractivity contribution in [2.24, 2.45) is 0 Å². The van der Waals surface area contributed by atoms with E-state index in [9.17, 15) is 26.4 Å². The van der Waals surface area contributed by atoms with Crippen molar-refractivity contribution in [2.75, 3.05) is 26.2 Å². The predicted molar refractivity (Wildman–Crippen MR) is 100 cm³/mol. The third-order valence-electron chi connectivity index (χ3n) is 4.49. The molecule has 0 atom stereocenters. The molecule has 1 aliphatic heterocycles. The van der Waals surface area contributed by atoms with E-state index in [4.69, 9.17) is 11.6 Å². The minimum Gasteiger partial charge on any atom is -0.335 e. The first-order chi connectivity index (χ1) is 13.6. The molecule has 1 aliphatic rings. The van der Waals surface area contributed by atoms with Crippen molar-refractivity contribution in [1.29, 1.82) is 0 Å². The van der Waals surface area contributed by atoms with Crippen molar-refractivity contribution in [3.05, 3.63) is 39.4 Å². The van der Waals surface area contributed by atoms with Crippen molar-refractivity contribution < 1.29 is 26.4 Å². The van der Waals surface area contributed by atoms with Crippen LogP contribution in [0.25, 0.3) is 0 Å². The van der Waals surface area contributed by atoms with Crippen LogP contribution in [0, 0.1) is 0 Å². The van der Waals surface area contributed by atoms with Crippen molar-refractivity contribution in [3.63, 3.8) is 0 Å². The Kier molecular flexibility index (Phi) is 6.18. The van der Waals surface area contributed by atoms with Gasteiger partial charge in [0.1, 0.15) is 4.88 Å². The van der Waals surface area contributed by atoms with Crippen molar-refractivity contribution in [2.45, 2.75) is 24.4 Å². The van der Waals surface area contributed by atoms with Gasteiger partial charge in [-0.2, -0.15) is 17.5 Å². The maximum absolute atomic E-state index is 13.0. The Morgan fingerprint density at radius 1 is 1.24 bits per heavy atom. The fourth-order valence-corrected chi connectivity index (χ4v) is 5.30. The quantitative estimate of drug-likeness (QED) is 0.689. The molecular weight excluding hydrogens is 453 g/mol. The molecule has 13 heteroatoms. The molecule has 1 aromatic heterocycles. The van der Waals surface area contributed by atoms with Gasteiger partial charge in [-0.25, -0.2) is 8.42 Å². The topological polar surface area (TPSA) is 83.5 Å². The van der Waals surface area contributed by atoms with Crippen LogP contribution < -0.4 is 0 Å². The van der Waals surface area contributed by atoms with E-state index in [1.54, 1.807) is 0 Å². The number of halogens is 4. The zero-order valence-corrected chi connectivity index (χ0v) is 17.5. The maximum Gasteiger partial charge on any atom is 0.417 e. The van der Waals surface area contributed by atoms with Crippen LogP contribution in [-0.4, -0.2) is 59.3 Å². The number of hydrogen-bond acceptors (Lipinski definition) is 6. The Labute approximate surface area is 174 Å². The van der Waals surface area contributed by atoms with Gasteiger partial charge in [-0.3, -0.25) is 4.79 Å². The second-order valence-electron chi connectivity index (χ2n) is 6.24. The molecule has 0 aliphatic carbocycles. The zero-order valence-electron chi connectivity index (χ0n) is 15.1. The number of hydrogen-bond donors (Lipinski definition) is 0. The Morgan fingerprint density at radius 3 is 2.48 bits per heavy atom. The average Bonchev–Trinajstić information content (AvgIpc) is 3.15. The van der Waals surface area contributed by atoms with Crippen LogP contribution in [0.5, 0.6) is 0 Å². The highest BCUT2D eigenvalue weighted by molar-refractivity contribution is 7.89. The van der Waals surface area contributed by atoms with E-state index < -0.39 is 31.7 Å². The number of sulfonamides is 1. The molecule has 158 valence electrons. The third-order valence-corrected chi connectivity index (χ3v) is 7.47. The molecule has 7 nitrogen and oxygen atoms in total. The van der Waals surface area contributed by atoms with E-state index in [0.29, 0.717) is 23.1 Å². The first-order valence-corrected chi connectivity index (χ1v) is 11.1. The van der Waals surface area contributed by atoms with Crippen molar-refractivity contribution in [3.8, 4) is 0 Å². The lowest BCUT2D eigenvalue weighted by Crippen LogP contribution is -2.50. The molecule has 1 amide bonds. The Balaban J connectivity index is 1.76. The minimum absolute atomic E-state index is 0.0360. The molecule has 0 saturated carbocycles. The lowest BCUT2D eigenvalue weighted by atomic mass is 10.2. The first-order valence-electron chi connectivity index (χ1n) is 8.53. The molecular formula is C16H16ClF3N4O3S2. The van der Waals surface area contributed by atoms with Gasteiger partial charge in [-0.1, -0.05) is 23.0 Å². The molecule has 0 N–H and O–H groups in total. The largest absolute Gasteiger partial charge is 0.417 e. The molecule has 1 aromatic carbocycles. The number of nitrogens with zero attached hydrogens (tertiary/aromatic N) is 4. The Morgan fingerprint density at radius 2 is 1.90 bits per heavy atom. The Hall–Kier alpha value is -1.76. The van der Waals surface area contributed by atoms with E-state index in [2.05, 4.69) is 9.59 Å². The average molecular weight is 469 g/mol. The number of carbonyl (C=O) groups excluding carboxylic acids is 1. The molecule has 0 radical (unpaired) electrons. The van der Waals surface area contributed by atoms with Crippen LogP contribution in [0.2, 0.25) is 5.02 Å². The standard InChI is InChI=1S/C16H16ClF3N4O3S2/c1-2-13-14(28-22-21-13)15(25)23-5-7-24(8-6-23)29(26,27)10-3-4-12(17)11(9-10)16(18,19)20/h3-4,9H,2,5-8H2,1H3. The van der Waals surface area contributed by atoms with Gasteiger partial charge >= 0.3 is 6.18 Å². The molecule has 2 aromatic rings. The number of amides is 1. The van der Waals surface area contributed by atoms with Crippen LogP contribution in [0.4, 0.5) is 13.2 Å². The van der Waals surface area contributed by atoms with E-state index in [1.807, 2.05) is 6.92 Å². The van der Waals surface area contributed by atoms with Gasteiger partial charge in [0.25, 0.3) is 5.91 Å². The predicted octanol–water partition coefficient (Wildman–Crippen LogP) is 2.92. The second kappa shape index (κ2) is 8.17. The summed E-state index contributed by atoms with van der Waals surface area (Å²) in [5.74, 6) is -0.278. The minimum atomic E-state index is -4.77. The summed E-state index contributed by atoms with van der Waals surface area (Å²) in [7, 11) is -4.16. The fourth-order valence-electron chi connectivity index (χ4n) is 2.91. The number of alkyl halides is 3. The highest BCUT2D eigenvalue weighted by Crippen LogP contribution is 2.36. The SMILES string of the molecule is CCc1nnsc1C(=O)N1CCN(S(=O)(=O)c2ccc(Cl)c(C(F)(F)F)c2)CC1. The zero-order chi connectivity index (χ0) is 21.4. The molecule has 1 fully saturated rings. The van der Waals surface area contributed by atoms with Crippen LogP contribution >= 0.6 is 23.1 Å². The first kappa shape index (κ1) is 21.9. The van der Waals surface area contributed by atoms with Crippen molar-refractivity contribution >= 4 is 39.1 Å². The summed E-state index contributed by atoms with van der Waals surface area (Å²) in [5, 5.41) is 3.32. The summed E-state index contributed by atoms with van der Waals surface area (Å²) in [6, 6.07) is 2.49. The van der Waals surface area contributed by atoms with E-state index in [-0.39, 0.29) is 32.1 Å². The Bertz CT molecular complexity index is 1020. The summed E-state index contributed by atoms with van der Waals surface area (Å²) >= 11 is 6.54. The maximum atomic E-state index is 13.0. The summed E-state index contributed by atoms with van der Waals surface area (Å²) in [6.45, 7) is 1.99. The number of rotatable bonds is 4. The highest BCUT2D eigenvalue weighted by Gasteiger charge is 2.36. The number of carbonyl (C=O) groups is 1. The molecule has 29 heavy (non-hydrogen) atoms. The number of benzene rings is 1. The van der Waals surface area contributed by atoms with Crippen LogP contribution in [-0.2, 0) is 22.6 Å². The van der Waals surface area contributed by atoms with Gasteiger partial charge in [0, 0.05) is 26.2 Å². The summed E-state index contributed by atoms with van der Waals surface area (Å²) in [5.41, 5.74) is -0.630. The number of piperazine rings is 1. The van der Waals surface area contributed by atoms with Gasteiger partial charge in [0.15, 0.2) is 0 Å². The van der Waals surface area contributed by atoms with Crippen LogP contribution in [0.15, 0.2) is 23.1 Å². The van der Waals surface area contributed by atoms with Crippen LogP contribution in [0.3, 0.4) is 0 Å². The van der Waals surface area contributed by atoms with E-state index in [1.165, 1.54) is 4.90 Å². The third kappa shape index (κ3) is 4.39. The van der Waals surface area contributed by atoms with Gasteiger partial charge in [0.05, 0.1) is 21.2 Å². The molecule has 0 spiro atoms. The van der Waals surface area contributed by atoms with E-state index >= 15 is 0 Å². The van der Waals surface area contributed by atoms with E-state index in [0.717, 1.165) is 28.0 Å². The molecule has 0 unspecified atom stereocenters. The van der Waals surface area contributed by atoms with Crippen molar-refractivity contribution in [1.82, 2.24) is 18.8 Å². The molecule has 3 rings (SSSR count). The highest BCUT2D eigenvalue weighted by atomic mass is 35.5. The molecule has 1 saturated heterocycles. The normalized spacial score (nSPS) is 16.2. The summed E-state index contributed by atoms with van der Waals surface area (Å²) in [4.78, 5) is 14.0. The molecule has 2 heterocycles. The second-order valence-corrected chi connectivity index (χ2v) is 9.34. The van der Waals surface area contributed by atoms with Gasteiger partial charge in [0.2, 0.25) is 10.0 Å². The lowest BCUT2D eigenvalue weighted by Gasteiger charge is -2.33. The van der Waals surface area contributed by atoms with Crippen LogP contribution in [0.1, 0.15) is 27.9 Å². The fraction of sp³-hybridized carbons (Fsp3) is 0.438. The number of aryl methyl sites for hydroxylation is 1. The summed E-state index contributed by atoms with van der Waals surface area (Å²) in [6.07, 6.45) is -4.22. The lowest BCUT2D eigenvalue weighted by molar-refractivity contribution is -0.137. The number of aromatic nitrogens is 2. The smallest absolute Gasteiger partial charge is 0.335 e. The van der Waals surface area contributed by atoms with Gasteiger partial charge < -0.3 is 4.90 Å². The van der Waals surface area contributed by atoms with Gasteiger partial charge in [-0.15, -0.1) is 5.10 Å². The summed E-state index contributed by atoms with van der Waals surface area (Å²) < 4.78 is 69.5.